The van der Waals surface area contributed by atoms with Crippen molar-refractivity contribution >= 4 is 15.9 Å². The van der Waals surface area contributed by atoms with Crippen LogP contribution in [-0.4, -0.2) is 38.4 Å². The predicted molar refractivity (Wildman–Crippen MR) is 78.5 cm³/mol. The Bertz CT molecular complexity index is 638. The molecule has 7 heteroatoms. The molecule has 116 valence electrons. The van der Waals surface area contributed by atoms with E-state index in [4.69, 9.17) is 9.88 Å². The number of nitrogens with two attached hydrogens (primary N) is 1. The third-order valence-electron chi connectivity index (χ3n) is 3.41. The van der Waals surface area contributed by atoms with Crippen molar-refractivity contribution in [2.45, 2.75) is 37.6 Å². The summed E-state index contributed by atoms with van der Waals surface area (Å²) < 4.78 is 28.5. The van der Waals surface area contributed by atoms with Crippen molar-refractivity contribution in [3.8, 4) is 5.75 Å². The summed E-state index contributed by atoms with van der Waals surface area (Å²) in [6.45, 7) is 4.12. The first-order chi connectivity index (χ1) is 9.82. The van der Waals surface area contributed by atoms with Crippen LogP contribution in [0.1, 0.15) is 25.3 Å². The van der Waals surface area contributed by atoms with Gasteiger partial charge in [0.05, 0.1) is 0 Å². The Labute approximate surface area is 124 Å². The van der Waals surface area contributed by atoms with Gasteiger partial charge in [-0.1, -0.05) is 6.07 Å². The molecule has 0 unspecified atom stereocenters. The van der Waals surface area contributed by atoms with Gasteiger partial charge in [0.1, 0.15) is 10.6 Å². The van der Waals surface area contributed by atoms with Crippen molar-refractivity contribution < 1.29 is 17.9 Å². The van der Waals surface area contributed by atoms with Crippen molar-refractivity contribution in [3.63, 3.8) is 0 Å². The number of hydrogen-bond donors (Lipinski definition) is 1. The van der Waals surface area contributed by atoms with Crippen molar-refractivity contribution in [3.05, 3.63) is 23.8 Å². The van der Waals surface area contributed by atoms with Crippen molar-refractivity contribution in [2.24, 2.45) is 5.14 Å². The third kappa shape index (κ3) is 3.95. The highest BCUT2D eigenvalue weighted by atomic mass is 32.2. The molecule has 1 fully saturated rings. The molecule has 0 bridgehead atoms. The fraction of sp³-hybridized carbons (Fsp3) is 0.500. The van der Waals surface area contributed by atoms with Gasteiger partial charge in [0.15, 0.2) is 6.61 Å². The number of nitrogens with zero attached hydrogens (tertiary/aromatic N) is 1. The standard InChI is InChI=1S/C14H20N2O4S/c1-3-16(11-5-6-11)14(17)9-20-12-7-4-10(2)8-13(12)21(15,18)19/h4,7-8,11H,3,5-6,9H2,1-2H3,(H2,15,18,19). The van der Waals surface area contributed by atoms with Gasteiger partial charge >= 0.3 is 0 Å². The zero-order valence-electron chi connectivity index (χ0n) is 12.2. The fourth-order valence-corrected chi connectivity index (χ4v) is 2.96. The van der Waals surface area contributed by atoms with Crippen LogP contribution in [0, 0.1) is 6.92 Å². The van der Waals surface area contributed by atoms with Gasteiger partial charge in [0.2, 0.25) is 10.0 Å². The van der Waals surface area contributed by atoms with Crippen molar-refractivity contribution in [2.75, 3.05) is 13.2 Å². The minimum atomic E-state index is -3.88. The molecule has 0 aliphatic heterocycles. The summed E-state index contributed by atoms with van der Waals surface area (Å²) in [5.74, 6) is -0.0238. The number of amides is 1. The van der Waals surface area contributed by atoms with Crippen LogP contribution in [0.2, 0.25) is 0 Å². The van der Waals surface area contributed by atoms with Crippen molar-refractivity contribution in [1.82, 2.24) is 4.90 Å². The summed E-state index contributed by atoms with van der Waals surface area (Å²) in [5, 5.41) is 5.17. The highest BCUT2D eigenvalue weighted by Crippen LogP contribution is 2.27. The number of hydrogen-bond acceptors (Lipinski definition) is 4. The molecule has 21 heavy (non-hydrogen) atoms. The van der Waals surface area contributed by atoms with Gasteiger partial charge in [-0.15, -0.1) is 0 Å². The van der Waals surface area contributed by atoms with E-state index < -0.39 is 10.0 Å². The first kappa shape index (κ1) is 15.8. The largest absolute Gasteiger partial charge is 0.482 e. The second-order valence-electron chi connectivity index (χ2n) is 5.19. The number of ether oxygens (including phenoxy) is 1. The monoisotopic (exact) mass is 312 g/mol. The molecule has 1 aliphatic carbocycles. The van der Waals surface area contributed by atoms with E-state index in [1.54, 1.807) is 17.9 Å². The predicted octanol–water partition coefficient (Wildman–Crippen LogP) is 1.03. The molecular formula is C14H20N2O4S. The number of carbonyl (C=O) groups is 1. The van der Waals surface area contributed by atoms with E-state index in [2.05, 4.69) is 0 Å². The first-order valence-electron chi connectivity index (χ1n) is 6.88. The summed E-state index contributed by atoms with van der Waals surface area (Å²) >= 11 is 0. The topological polar surface area (TPSA) is 89.7 Å². The van der Waals surface area contributed by atoms with E-state index in [9.17, 15) is 13.2 Å². The average molecular weight is 312 g/mol. The molecule has 0 spiro atoms. The summed E-state index contributed by atoms with van der Waals surface area (Å²) in [7, 11) is -3.88. The van der Waals surface area contributed by atoms with Crippen LogP contribution >= 0.6 is 0 Å². The second-order valence-corrected chi connectivity index (χ2v) is 6.72. The number of likely N-dealkylation sites (N-methyl/N-ethyl adjacent to an activating group) is 1. The van der Waals surface area contributed by atoms with Gasteiger partial charge in [0, 0.05) is 12.6 Å². The van der Waals surface area contributed by atoms with E-state index in [0.717, 1.165) is 18.4 Å². The maximum Gasteiger partial charge on any atom is 0.260 e. The Morgan fingerprint density at radius 1 is 1.43 bits per heavy atom. The summed E-state index contributed by atoms with van der Waals surface area (Å²) in [6.07, 6.45) is 2.04. The molecule has 1 aromatic rings. The third-order valence-corrected chi connectivity index (χ3v) is 4.34. The molecule has 0 atom stereocenters. The number of benzene rings is 1. The van der Waals surface area contributed by atoms with E-state index in [0.29, 0.717) is 12.6 Å². The summed E-state index contributed by atoms with van der Waals surface area (Å²) in [4.78, 5) is 13.7. The quantitative estimate of drug-likeness (QED) is 0.849. The Kier molecular flexibility index (Phi) is 4.53. The molecule has 6 nitrogen and oxygen atoms in total. The number of primary sulfonamides is 1. The number of carbonyl (C=O) groups excluding carboxylic acids is 1. The molecular weight excluding hydrogens is 292 g/mol. The number of aryl methyl sites for hydroxylation is 1. The van der Waals surface area contributed by atoms with Gasteiger partial charge in [0.25, 0.3) is 5.91 Å². The average Bonchev–Trinajstić information content (AvgIpc) is 3.21. The van der Waals surface area contributed by atoms with Crippen LogP contribution in [0.5, 0.6) is 5.75 Å². The van der Waals surface area contributed by atoms with E-state index in [1.807, 2.05) is 6.92 Å². The minimum absolute atomic E-state index is 0.0928. The van der Waals surface area contributed by atoms with Gasteiger partial charge in [-0.05, 0) is 44.4 Å². The lowest BCUT2D eigenvalue weighted by Crippen LogP contribution is -2.36. The second kappa shape index (κ2) is 6.03. The van der Waals surface area contributed by atoms with Crippen LogP contribution < -0.4 is 9.88 Å². The van der Waals surface area contributed by atoms with Crippen LogP contribution in [0.3, 0.4) is 0 Å². The molecule has 2 N–H and O–H groups in total. The Morgan fingerprint density at radius 3 is 2.62 bits per heavy atom. The zero-order chi connectivity index (χ0) is 15.6. The maximum absolute atomic E-state index is 12.1. The minimum Gasteiger partial charge on any atom is -0.482 e. The highest BCUT2D eigenvalue weighted by Gasteiger charge is 2.31. The van der Waals surface area contributed by atoms with Crippen LogP contribution in [0.25, 0.3) is 0 Å². The van der Waals surface area contributed by atoms with Crippen LogP contribution in [0.4, 0.5) is 0 Å². The Balaban J connectivity index is 2.11. The lowest BCUT2D eigenvalue weighted by Gasteiger charge is -2.20. The smallest absolute Gasteiger partial charge is 0.260 e. The van der Waals surface area contributed by atoms with Gasteiger partial charge in [-0.2, -0.15) is 0 Å². The number of rotatable bonds is 6. The molecule has 0 heterocycles. The molecule has 1 saturated carbocycles. The highest BCUT2D eigenvalue weighted by molar-refractivity contribution is 7.89. The fourth-order valence-electron chi connectivity index (χ4n) is 2.20. The SMILES string of the molecule is CCN(C(=O)COc1ccc(C)cc1S(N)(=O)=O)C1CC1. The van der Waals surface area contributed by atoms with E-state index in [1.165, 1.54) is 12.1 Å². The maximum atomic E-state index is 12.1. The molecule has 0 saturated heterocycles. The molecule has 1 aliphatic rings. The molecule has 1 aromatic carbocycles. The number of sulfonamides is 1. The summed E-state index contributed by atoms with van der Waals surface area (Å²) in [6, 6.07) is 4.98. The lowest BCUT2D eigenvalue weighted by atomic mass is 10.2. The normalized spacial score (nSPS) is 14.8. The Hall–Kier alpha value is -1.60. The zero-order valence-corrected chi connectivity index (χ0v) is 13.0. The van der Waals surface area contributed by atoms with Gasteiger partial charge < -0.3 is 9.64 Å². The molecule has 0 aromatic heterocycles. The van der Waals surface area contributed by atoms with E-state index >= 15 is 0 Å². The molecule has 2 rings (SSSR count). The van der Waals surface area contributed by atoms with Gasteiger partial charge in [-0.25, -0.2) is 13.6 Å². The Morgan fingerprint density at radius 2 is 2.10 bits per heavy atom. The van der Waals surface area contributed by atoms with Crippen molar-refractivity contribution in [1.29, 1.82) is 0 Å². The van der Waals surface area contributed by atoms with E-state index in [-0.39, 0.29) is 23.2 Å². The van der Waals surface area contributed by atoms with Gasteiger partial charge in [-0.3, -0.25) is 4.79 Å². The van der Waals surface area contributed by atoms with Crippen LogP contribution in [-0.2, 0) is 14.8 Å². The molecule has 0 radical (unpaired) electrons. The van der Waals surface area contributed by atoms with Crippen LogP contribution in [0.15, 0.2) is 23.1 Å². The lowest BCUT2D eigenvalue weighted by molar-refractivity contribution is -0.133. The molecule has 1 amide bonds. The first-order valence-corrected chi connectivity index (χ1v) is 8.43. The summed E-state index contributed by atoms with van der Waals surface area (Å²) in [5.41, 5.74) is 0.755.